The Morgan fingerprint density at radius 3 is 2.78 bits per heavy atom. The third kappa shape index (κ3) is 3.70. The van der Waals surface area contributed by atoms with Gasteiger partial charge in [-0.15, -0.1) is 0 Å². The average Bonchev–Trinajstić information content (AvgIpc) is 2.10. The first-order chi connectivity index (χ1) is 8.34. The maximum absolute atomic E-state index is 5.91. The SMILES string of the molecule is CC1CN(Cc2cc(N)cc(Br)c2)CC(C)(C)O1. The summed E-state index contributed by atoms with van der Waals surface area (Å²) < 4.78 is 6.95. The van der Waals surface area contributed by atoms with E-state index in [1.54, 1.807) is 0 Å². The minimum Gasteiger partial charge on any atom is -0.399 e. The number of nitrogens with zero attached hydrogens (tertiary/aromatic N) is 1. The molecule has 1 unspecified atom stereocenters. The molecule has 0 amide bonds. The molecule has 100 valence electrons. The van der Waals surface area contributed by atoms with Crippen LogP contribution in [0.25, 0.3) is 0 Å². The molecule has 0 saturated carbocycles. The molecule has 1 atom stereocenters. The lowest BCUT2D eigenvalue weighted by Gasteiger charge is -2.41. The molecule has 0 spiro atoms. The van der Waals surface area contributed by atoms with Crippen LogP contribution in [0, 0.1) is 0 Å². The van der Waals surface area contributed by atoms with E-state index in [9.17, 15) is 0 Å². The summed E-state index contributed by atoms with van der Waals surface area (Å²) in [5.41, 5.74) is 7.85. The van der Waals surface area contributed by atoms with Crippen molar-refractivity contribution in [3.63, 3.8) is 0 Å². The van der Waals surface area contributed by atoms with Gasteiger partial charge in [-0.05, 0) is 44.5 Å². The number of nitrogens with two attached hydrogens (primary N) is 1. The molecule has 1 aliphatic heterocycles. The number of benzene rings is 1. The van der Waals surface area contributed by atoms with E-state index in [2.05, 4.69) is 47.7 Å². The van der Waals surface area contributed by atoms with Crippen molar-refractivity contribution in [2.75, 3.05) is 18.8 Å². The summed E-state index contributed by atoms with van der Waals surface area (Å²) in [6, 6.07) is 6.09. The number of halogens is 1. The van der Waals surface area contributed by atoms with Crippen LogP contribution in [0.2, 0.25) is 0 Å². The fourth-order valence-corrected chi connectivity index (χ4v) is 3.29. The van der Waals surface area contributed by atoms with Crippen molar-refractivity contribution in [3.8, 4) is 0 Å². The highest BCUT2D eigenvalue weighted by molar-refractivity contribution is 9.10. The van der Waals surface area contributed by atoms with Crippen LogP contribution < -0.4 is 5.73 Å². The van der Waals surface area contributed by atoms with Gasteiger partial charge in [0.15, 0.2) is 0 Å². The number of hydrogen-bond acceptors (Lipinski definition) is 3. The van der Waals surface area contributed by atoms with Crippen molar-refractivity contribution in [2.45, 2.75) is 39.0 Å². The van der Waals surface area contributed by atoms with E-state index in [-0.39, 0.29) is 11.7 Å². The highest BCUT2D eigenvalue weighted by Gasteiger charge is 2.31. The van der Waals surface area contributed by atoms with Crippen LogP contribution in [0.4, 0.5) is 5.69 Å². The molecule has 0 bridgehead atoms. The zero-order valence-electron chi connectivity index (χ0n) is 11.2. The van der Waals surface area contributed by atoms with Crippen LogP contribution in [0.5, 0.6) is 0 Å². The van der Waals surface area contributed by atoms with Crippen LogP contribution >= 0.6 is 15.9 Å². The minimum atomic E-state index is -0.0742. The predicted octanol–water partition coefficient (Wildman–Crippen LogP) is 3.03. The molecule has 1 saturated heterocycles. The molecule has 1 aliphatic rings. The molecule has 0 aromatic heterocycles. The molecular weight excluding hydrogens is 292 g/mol. The number of nitrogen functional groups attached to an aromatic ring is 1. The molecule has 4 heteroatoms. The Kier molecular flexibility index (Phi) is 3.99. The minimum absolute atomic E-state index is 0.0742. The van der Waals surface area contributed by atoms with Gasteiger partial charge >= 0.3 is 0 Å². The van der Waals surface area contributed by atoms with Gasteiger partial charge in [-0.2, -0.15) is 0 Å². The molecule has 0 aliphatic carbocycles. The van der Waals surface area contributed by atoms with E-state index in [1.807, 2.05) is 12.1 Å². The van der Waals surface area contributed by atoms with Gasteiger partial charge in [0.05, 0.1) is 11.7 Å². The van der Waals surface area contributed by atoms with Crippen molar-refractivity contribution >= 4 is 21.6 Å². The van der Waals surface area contributed by atoms with E-state index in [4.69, 9.17) is 10.5 Å². The molecule has 18 heavy (non-hydrogen) atoms. The Morgan fingerprint density at radius 2 is 2.17 bits per heavy atom. The number of hydrogen-bond donors (Lipinski definition) is 1. The van der Waals surface area contributed by atoms with Crippen molar-refractivity contribution in [2.24, 2.45) is 0 Å². The summed E-state index contributed by atoms with van der Waals surface area (Å²) >= 11 is 3.49. The first kappa shape index (κ1) is 13.8. The number of ether oxygens (including phenoxy) is 1. The molecule has 2 N–H and O–H groups in total. The third-order valence-corrected chi connectivity index (χ3v) is 3.48. The number of anilines is 1. The molecule has 2 rings (SSSR count). The van der Waals surface area contributed by atoms with Gasteiger partial charge < -0.3 is 10.5 Å². The van der Waals surface area contributed by atoms with Gasteiger partial charge in [0.1, 0.15) is 0 Å². The average molecular weight is 313 g/mol. The van der Waals surface area contributed by atoms with Crippen molar-refractivity contribution in [1.29, 1.82) is 0 Å². The molecule has 1 fully saturated rings. The summed E-state index contributed by atoms with van der Waals surface area (Å²) in [6.45, 7) is 9.25. The quantitative estimate of drug-likeness (QED) is 0.853. The number of rotatable bonds is 2. The van der Waals surface area contributed by atoms with Crippen molar-refractivity contribution in [3.05, 3.63) is 28.2 Å². The summed E-state index contributed by atoms with van der Waals surface area (Å²) in [5, 5.41) is 0. The van der Waals surface area contributed by atoms with Gasteiger partial charge in [0.25, 0.3) is 0 Å². The third-order valence-electron chi connectivity index (χ3n) is 3.03. The molecule has 1 aromatic carbocycles. The van der Waals surface area contributed by atoms with Gasteiger partial charge in [-0.25, -0.2) is 0 Å². The zero-order valence-corrected chi connectivity index (χ0v) is 12.8. The van der Waals surface area contributed by atoms with Crippen LogP contribution in [0.3, 0.4) is 0 Å². The van der Waals surface area contributed by atoms with E-state index >= 15 is 0 Å². The van der Waals surface area contributed by atoms with Crippen molar-refractivity contribution < 1.29 is 4.74 Å². The second-order valence-corrected chi connectivity index (χ2v) is 6.67. The summed E-state index contributed by atoms with van der Waals surface area (Å²) in [5.74, 6) is 0. The summed E-state index contributed by atoms with van der Waals surface area (Å²) in [4.78, 5) is 2.43. The molecular formula is C14H21BrN2O. The maximum Gasteiger partial charge on any atom is 0.0757 e. The van der Waals surface area contributed by atoms with Gasteiger partial charge in [0.2, 0.25) is 0 Å². The Hall–Kier alpha value is -0.580. The van der Waals surface area contributed by atoms with Gasteiger partial charge in [0, 0.05) is 29.8 Å². The van der Waals surface area contributed by atoms with E-state index in [1.165, 1.54) is 5.56 Å². The highest BCUT2D eigenvalue weighted by atomic mass is 79.9. The lowest BCUT2D eigenvalue weighted by Crippen LogP contribution is -2.51. The molecule has 3 nitrogen and oxygen atoms in total. The summed E-state index contributed by atoms with van der Waals surface area (Å²) in [6.07, 6.45) is 0.276. The Balaban J connectivity index is 2.08. The van der Waals surface area contributed by atoms with Gasteiger partial charge in [-0.3, -0.25) is 4.90 Å². The fourth-order valence-electron chi connectivity index (χ4n) is 2.73. The van der Waals surface area contributed by atoms with Crippen LogP contribution in [0.15, 0.2) is 22.7 Å². The second kappa shape index (κ2) is 5.19. The monoisotopic (exact) mass is 312 g/mol. The second-order valence-electron chi connectivity index (χ2n) is 5.75. The zero-order chi connectivity index (χ0) is 13.3. The van der Waals surface area contributed by atoms with Gasteiger partial charge in [-0.1, -0.05) is 15.9 Å². The topological polar surface area (TPSA) is 38.5 Å². The Morgan fingerprint density at radius 1 is 1.44 bits per heavy atom. The van der Waals surface area contributed by atoms with E-state index in [0.717, 1.165) is 29.8 Å². The lowest BCUT2D eigenvalue weighted by atomic mass is 10.0. The Labute approximate surface area is 117 Å². The normalized spacial score (nSPS) is 24.1. The molecule has 1 aromatic rings. The number of morpholine rings is 1. The molecule has 1 heterocycles. The van der Waals surface area contributed by atoms with E-state index < -0.39 is 0 Å². The Bertz CT molecular complexity index is 414. The largest absolute Gasteiger partial charge is 0.399 e. The van der Waals surface area contributed by atoms with E-state index in [0.29, 0.717) is 0 Å². The fraction of sp³-hybridized carbons (Fsp3) is 0.571. The molecule has 0 radical (unpaired) electrons. The van der Waals surface area contributed by atoms with Crippen LogP contribution in [-0.4, -0.2) is 29.7 Å². The van der Waals surface area contributed by atoms with Crippen LogP contribution in [-0.2, 0) is 11.3 Å². The predicted molar refractivity (Wildman–Crippen MR) is 78.5 cm³/mol. The summed E-state index contributed by atoms with van der Waals surface area (Å²) in [7, 11) is 0. The van der Waals surface area contributed by atoms with Crippen molar-refractivity contribution in [1.82, 2.24) is 4.90 Å². The maximum atomic E-state index is 5.91. The smallest absolute Gasteiger partial charge is 0.0757 e. The first-order valence-electron chi connectivity index (χ1n) is 6.29. The highest BCUT2D eigenvalue weighted by Crippen LogP contribution is 2.24. The van der Waals surface area contributed by atoms with Crippen LogP contribution in [0.1, 0.15) is 26.3 Å². The standard InChI is InChI=1S/C14H21BrN2O/c1-10-7-17(9-14(2,3)18-10)8-11-4-12(15)6-13(16)5-11/h4-6,10H,7-9,16H2,1-3H3. The lowest BCUT2D eigenvalue weighted by molar-refractivity contribution is -0.130. The first-order valence-corrected chi connectivity index (χ1v) is 7.08.